The molecular weight excluding hydrogens is 294 g/mol. The molecule has 0 radical (unpaired) electrons. The Labute approximate surface area is 127 Å². The third kappa shape index (κ3) is 3.76. The number of carbonyl (C=O) groups is 1. The fourth-order valence-electron chi connectivity index (χ4n) is 1.93. The van der Waals surface area contributed by atoms with Crippen molar-refractivity contribution in [3.63, 3.8) is 0 Å². The molecule has 5 nitrogen and oxygen atoms in total. The zero-order valence-electron chi connectivity index (χ0n) is 12.1. The highest BCUT2D eigenvalue weighted by Gasteiger charge is 2.19. The number of nitrogens with zero attached hydrogens (tertiary/aromatic N) is 1. The van der Waals surface area contributed by atoms with Gasteiger partial charge in [0.2, 0.25) is 0 Å². The van der Waals surface area contributed by atoms with E-state index in [4.69, 9.17) is 25.5 Å². The first-order valence-electron chi connectivity index (χ1n) is 6.47. The van der Waals surface area contributed by atoms with Crippen LogP contribution in [0.4, 0.5) is 0 Å². The number of ether oxygens (including phenoxy) is 2. The van der Waals surface area contributed by atoms with E-state index in [-0.39, 0.29) is 13.2 Å². The van der Waals surface area contributed by atoms with Gasteiger partial charge in [0.1, 0.15) is 41.2 Å². The van der Waals surface area contributed by atoms with Gasteiger partial charge in [0.05, 0.1) is 0 Å². The van der Waals surface area contributed by atoms with Crippen molar-refractivity contribution in [1.29, 1.82) is 0 Å². The number of carbonyl (C=O) groups excluding carboxylic acids is 1. The normalized spacial score (nSPS) is 10.5. The molecule has 112 valence electrons. The molecule has 2 aromatic heterocycles. The molecule has 0 saturated carbocycles. The van der Waals surface area contributed by atoms with E-state index in [9.17, 15) is 4.79 Å². The molecular formula is C15H16ClNO4. The van der Waals surface area contributed by atoms with Crippen molar-refractivity contribution in [3.05, 3.63) is 46.1 Å². The van der Waals surface area contributed by atoms with Gasteiger partial charge in [0.15, 0.2) is 0 Å². The first-order chi connectivity index (χ1) is 9.99. The van der Waals surface area contributed by atoms with Gasteiger partial charge in [0, 0.05) is 17.8 Å². The first kappa shape index (κ1) is 15.4. The van der Waals surface area contributed by atoms with Crippen LogP contribution in [-0.4, -0.2) is 24.2 Å². The number of aryl methyl sites for hydroxylation is 2. The van der Waals surface area contributed by atoms with Crippen molar-refractivity contribution in [1.82, 2.24) is 4.98 Å². The highest BCUT2D eigenvalue weighted by atomic mass is 35.5. The van der Waals surface area contributed by atoms with Gasteiger partial charge in [-0.3, -0.25) is 0 Å². The highest BCUT2D eigenvalue weighted by molar-refractivity contribution is 6.29. The summed E-state index contributed by atoms with van der Waals surface area (Å²) in [7, 11) is 0. The number of furan rings is 1. The van der Waals surface area contributed by atoms with Gasteiger partial charge in [-0.2, -0.15) is 0 Å². The van der Waals surface area contributed by atoms with Crippen LogP contribution >= 0.6 is 11.6 Å². The minimum absolute atomic E-state index is 0.141. The number of hydrogen-bond donors (Lipinski definition) is 0. The molecule has 0 atom stereocenters. The summed E-state index contributed by atoms with van der Waals surface area (Å²) in [6, 6.07) is 3.28. The maximum Gasteiger partial charge on any atom is 0.342 e. The van der Waals surface area contributed by atoms with Crippen LogP contribution in [0.5, 0.6) is 5.75 Å². The molecule has 0 aromatic carbocycles. The first-order valence-corrected chi connectivity index (χ1v) is 6.85. The summed E-state index contributed by atoms with van der Waals surface area (Å²) in [5.74, 6) is 1.47. The van der Waals surface area contributed by atoms with Crippen LogP contribution in [0.25, 0.3) is 0 Å². The lowest BCUT2D eigenvalue weighted by Gasteiger charge is -2.07. The average Bonchev–Trinajstić information content (AvgIpc) is 2.68. The summed E-state index contributed by atoms with van der Waals surface area (Å²) in [5, 5.41) is 0.351. The van der Waals surface area contributed by atoms with Gasteiger partial charge in [0.25, 0.3) is 0 Å². The number of halogens is 1. The topological polar surface area (TPSA) is 61.6 Å². The van der Waals surface area contributed by atoms with E-state index in [1.54, 1.807) is 25.3 Å². The number of hydrogen-bond acceptors (Lipinski definition) is 5. The molecule has 0 aliphatic carbocycles. The number of pyridine rings is 1. The van der Waals surface area contributed by atoms with Crippen molar-refractivity contribution in [2.75, 3.05) is 13.2 Å². The molecule has 21 heavy (non-hydrogen) atoms. The highest BCUT2D eigenvalue weighted by Crippen LogP contribution is 2.21. The van der Waals surface area contributed by atoms with Gasteiger partial charge in [-0.25, -0.2) is 9.78 Å². The largest absolute Gasteiger partial charge is 0.490 e. The Morgan fingerprint density at radius 1 is 1.29 bits per heavy atom. The Morgan fingerprint density at radius 3 is 2.67 bits per heavy atom. The summed E-state index contributed by atoms with van der Waals surface area (Å²) < 4.78 is 16.0. The smallest absolute Gasteiger partial charge is 0.342 e. The fraction of sp³-hybridized carbons (Fsp3) is 0.333. The van der Waals surface area contributed by atoms with Crippen LogP contribution < -0.4 is 4.74 Å². The molecule has 6 heteroatoms. The third-order valence-corrected chi connectivity index (χ3v) is 3.26. The molecule has 2 aromatic rings. The monoisotopic (exact) mass is 309 g/mol. The quantitative estimate of drug-likeness (QED) is 0.480. The maximum absolute atomic E-state index is 12.0. The lowest BCUT2D eigenvalue weighted by molar-refractivity contribution is 0.0447. The molecule has 0 aliphatic rings. The van der Waals surface area contributed by atoms with Crippen molar-refractivity contribution in [2.45, 2.75) is 20.8 Å². The van der Waals surface area contributed by atoms with Crippen molar-refractivity contribution in [2.24, 2.45) is 0 Å². The van der Waals surface area contributed by atoms with E-state index < -0.39 is 5.97 Å². The Morgan fingerprint density at radius 2 is 2.05 bits per heavy atom. The zero-order chi connectivity index (χ0) is 15.4. The molecule has 2 rings (SSSR count). The van der Waals surface area contributed by atoms with Crippen LogP contribution in [-0.2, 0) is 4.74 Å². The second-order valence-electron chi connectivity index (χ2n) is 4.51. The summed E-state index contributed by atoms with van der Waals surface area (Å²) in [4.78, 5) is 15.8. The summed E-state index contributed by atoms with van der Waals surface area (Å²) in [6.07, 6.45) is 1.55. The van der Waals surface area contributed by atoms with E-state index in [1.807, 2.05) is 13.8 Å². The van der Waals surface area contributed by atoms with Gasteiger partial charge in [-0.15, -0.1) is 0 Å². The Hall–Kier alpha value is -2.01. The minimum Gasteiger partial charge on any atom is -0.490 e. The molecule has 0 N–H and O–H groups in total. The van der Waals surface area contributed by atoms with Crippen molar-refractivity contribution in [3.8, 4) is 5.75 Å². The molecule has 0 amide bonds. The Kier molecular flexibility index (Phi) is 4.85. The van der Waals surface area contributed by atoms with E-state index in [0.29, 0.717) is 22.2 Å². The summed E-state index contributed by atoms with van der Waals surface area (Å²) >= 11 is 5.74. The lowest BCUT2D eigenvalue weighted by atomic mass is 10.1. The second kappa shape index (κ2) is 6.63. The molecule has 0 bridgehead atoms. The second-order valence-corrected chi connectivity index (χ2v) is 4.90. The number of aromatic nitrogens is 1. The number of rotatable bonds is 5. The maximum atomic E-state index is 12.0. The molecule has 0 unspecified atom stereocenters. The average molecular weight is 310 g/mol. The van der Waals surface area contributed by atoms with E-state index >= 15 is 0 Å². The van der Waals surface area contributed by atoms with Crippen LogP contribution in [0.15, 0.2) is 22.7 Å². The van der Waals surface area contributed by atoms with E-state index in [1.165, 1.54) is 0 Å². The van der Waals surface area contributed by atoms with Crippen molar-refractivity contribution >= 4 is 17.6 Å². The fourth-order valence-corrected chi connectivity index (χ4v) is 2.10. The predicted molar refractivity (Wildman–Crippen MR) is 77.9 cm³/mol. The SMILES string of the molecule is Cc1oc(C)c(C(=O)OCCOc2ccnc(Cl)c2)c1C. The standard InChI is InChI=1S/C15H16ClNO4/c1-9-10(2)21-11(3)14(9)15(18)20-7-6-19-12-4-5-17-13(16)8-12/h4-5,8H,6-7H2,1-3H3. The number of esters is 1. The molecule has 0 spiro atoms. The van der Waals surface area contributed by atoms with Gasteiger partial charge in [-0.05, 0) is 26.8 Å². The molecule has 0 fully saturated rings. The third-order valence-electron chi connectivity index (χ3n) is 3.05. The van der Waals surface area contributed by atoms with E-state index in [0.717, 1.165) is 11.3 Å². The minimum atomic E-state index is -0.404. The van der Waals surface area contributed by atoms with Crippen LogP contribution in [0.2, 0.25) is 5.15 Å². The van der Waals surface area contributed by atoms with Crippen LogP contribution in [0.1, 0.15) is 27.4 Å². The zero-order valence-corrected chi connectivity index (χ0v) is 12.9. The molecule has 0 aliphatic heterocycles. The van der Waals surface area contributed by atoms with Gasteiger partial charge >= 0.3 is 5.97 Å². The van der Waals surface area contributed by atoms with Crippen molar-refractivity contribution < 1.29 is 18.7 Å². The Balaban J connectivity index is 1.85. The van der Waals surface area contributed by atoms with E-state index in [2.05, 4.69) is 4.98 Å². The summed E-state index contributed by atoms with van der Waals surface area (Å²) in [5.41, 5.74) is 1.29. The van der Waals surface area contributed by atoms with Gasteiger partial charge < -0.3 is 13.9 Å². The lowest BCUT2D eigenvalue weighted by Crippen LogP contribution is -2.13. The van der Waals surface area contributed by atoms with Crippen LogP contribution in [0, 0.1) is 20.8 Å². The summed E-state index contributed by atoms with van der Waals surface area (Å²) in [6.45, 7) is 5.77. The molecule has 2 heterocycles. The van der Waals surface area contributed by atoms with Crippen LogP contribution in [0.3, 0.4) is 0 Å². The van der Waals surface area contributed by atoms with Gasteiger partial charge in [-0.1, -0.05) is 11.6 Å². The Bertz CT molecular complexity index is 651. The molecule has 0 saturated heterocycles. The predicted octanol–water partition coefficient (Wildman–Crippen LogP) is 3.49.